The zero-order valence-corrected chi connectivity index (χ0v) is 33.5. The Morgan fingerprint density at radius 1 is 0.625 bits per heavy atom. The number of carbonyl (C=O) groups excluding carboxylic acids is 1. The summed E-state index contributed by atoms with van der Waals surface area (Å²) in [5, 5.41) is 18.7. The molecule has 286 valence electrons. The summed E-state index contributed by atoms with van der Waals surface area (Å²) in [6.45, 7) is 8.22. The molecule has 0 saturated heterocycles. The molecular weight excluding hydrogens is 741 g/mol. The van der Waals surface area contributed by atoms with Crippen LogP contribution in [0.5, 0.6) is 0 Å². The monoisotopic (exact) mass is 784 g/mol. The van der Waals surface area contributed by atoms with Crippen LogP contribution in [0.4, 0.5) is 0 Å². The summed E-state index contributed by atoms with van der Waals surface area (Å²) in [6, 6.07) is 27.3. The highest BCUT2D eigenvalue weighted by atomic mass is 32.2. The van der Waals surface area contributed by atoms with Gasteiger partial charge in [0.2, 0.25) is 0 Å². The van der Waals surface area contributed by atoms with Crippen LogP contribution in [0.3, 0.4) is 0 Å². The number of ketones is 1. The van der Waals surface area contributed by atoms with Crippen molar-refractivity contribution in [2.45, 2.75) is 62.5 Å². The van der Waals surface area contributed by atoms with E-state index in [2.05, 4.69) is 35.8 Å². The molecular formula is C47H44O7S2. The van der Waals surface area contributed by atoms with Gasteiger partial charge in [0.15, 0.2) is 18.0 Å². The molecule has 2 unspecified atom stereocenters. The van der Waals surface area contributed by atoms with Gasteiger partial charge in [0, 0.05) is 69.6 Å². The second kappa shape index (κ2) is 20.6. The summed E-state index contributed by atoms with van der Waals surface area (Å²) in [7, 11) is 0. The van der Waals surface area contributed by atoms with Crippen LogP contribution >= 0.6 is 23.5 Å². The zero-order chi connectivity index (χ0) is 40.0. The highest BCUT2D eigenvalue weighted by molar-refractivity contribution is 7.99. The molecule has 0 spiro atoms. The van der Waals surface area contributed by atoms with Gasteiger partial charge in [-0.25, -0.2) is 9.59 Å². The summed E-state index contributed by atoms with van der Waals surface area (Å²) >= 11 is 3.34. The van der Waals surface area contributed by atoms with Gasteiger partial charge in [-0.15, -0.1) is 23.5 Å². The van der Waals surface area contributed by atoms with Gasteiger partial charge in [-0.2, -0.15) is 0 Å². The Balaban J connectivity index is 1.13. The molecule has 0 heterocycles. The van der Waals surface area contributed by atoms with Gasteiger partial charge in [-0.05, 0) is 110 Å². The second-order valence-corrected chi connectivity index (χ2v) is 15.2. The minimum absolute atomic E-state index is 0.0283. The second-order valence-electron chi connectivity index (χ2n) is 13.0. The molecule has 56 heavy (non-hydrogen) atoms. The van der Waals surface area contributed by atoms with Gasteiger partial charge >= 0.3 is 11.9 Å². The molecule has 0 aromatic heterocycles. The van der Waals surface area contributed by atoms with E-state index >= 15 is 0 Å². The molecule has 9 heteroatoms. The Morgan fingerprint density at radius 3 is 1.38 bits per heavy atom. The van der Waals surface area contributed by atoms with Gasteiger partial charge in [-0.3, -0.25) is 4.79 Å². The lowest BCUT2D eigenvalue weighted by Gasteiger charge is -2.12. The Labute approximate surface area is 337 Å². The van der Waals surface area contributed by atoms with E-state index in [0.29, 0.717) is 37.2 Å². The molecule has 4 aromatic rings. The average Bonchev–Trinajstić information content (AvgIpc) is 3.47. The number of thioether (sulfide) groups is 2. The first-order valence-electron chi connectivity index (χ1n) is 18.4. The standard InChI is InChI=1S/C47H44O7S2/c1-5-53-43(46(49)50)29-35-11-17-37(18-12-35)55-25-23-31(3)7-9-33-15-21-39-40-22-16-34(28-42(40)45(48)41(39)27-33)10-8-32(4)24-26-56-38-19-13-36(14-20-38)30-44(47(51)52)54-6-2/h11-24,27-28,43-44H,5-6,25-26,29-30H2,1-4H3,(H,49,50)(H,51,52). The number of allylic oxidation sites excluding steroid dienone is 2. The number of hydrogen-bond acceptors (Lipinski definition) is 7. The number of rotatable bonds is 16. The predicted octanol–water partition coefficient (Wildman–Crippen LogP) is 9.14. The molecule has 0 fully saturated rings. The third kappa shape index (κ3) is 11.9. The van der Waals surface area contributed by atoms with Crippen LogP contribution in [0.15, 0.2) is 118 Å². The van der Waals surface area contributed by atoms with Gasteiger partial charge in [0.1, 0.15) is 0 Å². The Kier molecular flexibility index (Phi) is 15.4. The van der Waals surface area contributed by atoms with Crippen molar-refractivity contribution in [3.05, 3.63) is 142 Å². The lowest BCUT2D eigenvalue weighted by Crippen LogP contribution is -2.26. The van der Waals surface area contributed by atoms with Gasteiger partial charge in [-0.1, -0.05) is 72.2 Å². The van der Waals surface area contributed by atoms with E-state index in [4.69, 9.17) is 9.47 Å². The number of carboxylic acids is 2. The van der Waals surface area contributed by atoms with Crippen LogP contribution in [0.25, 0.3) is 11.1 Å². The maximum atomic E-state index is 13.5. The van der Waals surface area contributed by atoms with Crippen LogP contribution in [-0.2, 0) is 31.9 Å². The molecule has 0 aliphatic heterocycles. The molecule has 0 amide bonds. The Hall–Kier alpha value is -5.29. The van der Waals surface area contributed by atoms with Crippen molar-refractivity contribution in [3.8, 4) is 34.8 Å². The minimum Gasteiger partial charge on any atom is -0.479 e. The van der Waals surface area contributed by atoms with Crippen LogP contribution in [0.1, 0.15) is 65.9 Å². The topological polar surface area (TPSA) is 110 Å². The minimum atomic E-state index is -0.956. The summed E-state index contributed by atoms with van der Waals surface area (Å²) in [4.78, 5) is 38.4. The predicted molar refractivity (Wildman–Crippen MR) is 224 cm³/mol. The quantitative estimate of drug-likeness (QED) is 0.0748. The van der Waals surface area contributed by atoms with Crippen molar-refractivity contribution in [1.29, 1.82) is 0 Å². The molecule has 0 radical (unpaired) electrons. The Bertz CT molecular complexity index is 2090. The molecule has 0 bridgehead atoms. The van der Waals surface area contributed by atoms with Crippen molar-refractivity contribution in [2.24, 2.45) is 0 Å². The molecule has 0 saturated carbocycles. The SMILES string of the molecule is CCOC(Cc1ccc(SCC=C(C)C#Cc2ccc3c(c2)C(=O)c2cc(C#CC(C)=CCSc4ccc(CC(OCC)C(=O)O)cc4)ccc2-3)cc1)C(=O)O. The molecule has 1 aliphatic carbocycles. The van der Waals surface area contributed by atoms with E-state index in [0.717, 1.165) is 65.8 Å². The van der Waals surface area contributed by atoms with Crippen LogP contribution < -0.4 is 0 Å². The largest absolute Gasteiger partial charge is 0.479 e. The molecule has 2 N–H and O–H groups in total. The number of ether oxygens (including phenoxy) is 2. The maximum absolute atomic E-state index is 13.5. The first-order chi connectivity index (χ1) is 27.0. The third-order valence-electron chi connectivity index (χ3n) is 8.88. The van der Waals surface area contributed by atoms with Crippen LogP contribution in [0.2, 0.25) is 0 Å². The number of carboxylic acid groups (broad SMARTS) is 2. The molecule has 5 rings (SSSR count). The van der Waals surface area contributed by atoms with E-state index in [-0.39, 0.29) is 5.78 Å². The number of fused-ring (bicyclic) bond motifs is 3. The fraction of sp³-hybridized carbons (Fsp3) is 0.255. The smallest absolute Gasteiger partial charge is 0.333 e. The molecule has 1 aliphatic rings. The first-order valence-corrected chi connectivity index (χ1v) is 20.3. The number of hydrogen-bond donors (Lipinski definition) is 2. The van der Waals surface area contributed by atoms with Crippen LogP contribution in [-0.4, -0.2) is 64.9 Å². The van der Waals surface area contributed by atoms with Crippen molar-refractivity contribution >= 4 is 41.2 Å². The average molecular weight is 785 g/mol. The number of benzene rings is 4. The lowest BCUT2D eigenvalue weighted by atomic mass is 10.0. The summed E-state index contributed by atoms with van der Waals surface area (Å²) < 4.78 is 10.6. The summed E-state index contributed by atoms with van der Waals surface area (Å²) in [5.74, 6) is 12.4. The maximum Gasteiger partial charge on any atom is 0.333 e. The number of carbonyl (C=O) groups is 3. The van der Waals surface area contributed by atoms with E-state index in [9.17, 15) is 24.6 Å². The van der Waals surface area contributed by atoms with Crippen molar-refractivity contribution in [1.82, 2.24) is 0 Å². The molecule has 2 atom stereocenters. The highest BCUT2D eigenvalue weighted by Gasteiger charge is 2.27. The van der Waals surface area contributed by atoms with Crippen LogP contribution in [0, 0.1) is 23.7 Å². The molecule has 4 aromatic carbocycles. The van der Waals surface area contributed by atoms with Gasteiger partial charge in [0.05, 0.1) is 0 Å². The lowest BCUT2D eigenvalue weighted by molar-refractivity contribution is -0.150. The summed E-state index contributed by atoms with van der Waals surface area (Å²) in [5.41, 5.74) is 8.32. The third-order valence-corrected chi connectivity index (χ3v) is 10.8. The highest BCUT2D eigenvalue weighted by Crippen LogP contribution is 2.37. The van der Waals surface area contributed by atoms with E-state index in [1.807, 2.05) is 98.8 Å². The van der Waals surface area contributed by atoms with E-state index < -0.39 is 24.1 Å². The number of aliphatic carboxylic acids is 2. The summed E-state index contributed by atoms with van der Waals surface area (Å²) in [6.07, 6.45) is 3.10. The Morgan fingerprint density at radius 2 is 1.02 bits per heavy atom. The van der Waals surface area contributed by atoms with E-state index in [1.54, 1.807) is 37.4 Å². The van der Waals surface area contributed by atoms with Crippen molar-refractivity contribution in [2.75, 3.05) is 24.7 Å². The first kappa shape index (κ1) is 41.9. The normalized spacial score (nSPS) is 13.1. The fourth-order valence-electron chi connectivity index (χ4n) is 5.91. The van der Waals surface area contributed by atoms with Gasteiger partial charge in [0.25, 0.3) is 0 Å². The van der Waals surface area contributed by atoms with Gasteiger partial charge < -0.3 is 19.7 Å². The fourth-order valence-corrected chi connectivity index (χ4v) is 7.62. The molecule has 7 nitrogen and oxygen atoms in total. The van der Waals surface area contributed by atoms with E-state index in [1.165, 1.54) is 0 Å². The van der Waals surface area contributed by atoms with Crippen molar-refractivity contribution in [3.63, 3.8) is 0 Å². The van der Waals surface area contributed by atoms with Crippen molar-refractivity contribution < 1.29 is 34.1 Å². The zero-order valence-electron chi connectivity index (χ0n) is 31.9.